The maximum atomic E-state index is 6.18. The molecule has 0 fully saturated rings. The van der Waals surface area contributed by atoms with Gasteiger partial charge in [-0.3, -0.25) is 0 Å². The van der Waals surface area contributed by atoms with Crippen molar-refractivity contribution in [3.63, 3.8) is 0 Å². The number of benzene rings is 6. The van der Waals surface area contributed by atoms with Crippen LogP contribution in [0, 0.1) is 0 Å². The lowest BCUT2D eigenvalue weighted by atomic mass is 9.98. The lowest BCUT2D eigenvalue weighted by Crippen LogP contribution is -2.00. The van der Waals surface area contributed by atoms with Gasteiger partial charge in [-0.25, -0.2) is 15.0 Å². The molecule has 4 heteroatoms. The van der Waals surface area contributed by atoms with Crippen LogP contribution in [-0.4, -0.2) is 15.0 Å². The van der Waals surface area contributed by atoms with E-state index in [1.165, 1.54) is 11.1 Å². The average molecular weight is 552 g/mol. The minimum Gasteiger partial charge on any atom is -0.456 e. The van der Waals surface area contributed by atoms with Crippen LogP contribution in [0.2, 0.25) is 0 Å². The van der Waals surface area contributed by atoms with Crippen LogP contribution in [0.15, 0.2) is 156 Å². The van der Waals surface area contributed by atoms with Crippen molar-refractivity contribution in [2.24, 2.45) is 0 Å². The van der Waals surface area contributed by atoms with E-state index in [0.29, 0.717) is 17.5 Å². The maximum Gasteiger partial charge on any atom is 0.164 e. The first-order chi connectivity index (χ1) is 21.3. The molecule has 43 heavy (non-hydrogen) atoms. The highest BCUT2D eigenvalue weighted by molar-refractivity contribution is 6.05. The van der Waals surface area contributed by atoms with Crippen LogP contribution in [0.1, 0.15) is 0 Å². The standard InChI is InChI=1S/C39H25N3O/c1-3-11-26(12-4-1)28-15-9-16-29(23-28)30-17-10-18-31(24-30)38-40-37(27-13-5-2-6-14-27)41-39(42-38)32-21-22-34-33-19-7-8-20-35(33)43-36(34)25-32/h1-25H. The summed E-state index contributed by atoms with van der Waals surface area (Å²) >= 11 is 0. The second kappa shape index (κ2) is 10.5. The van der Waals surface area contributed by atoms with Gasteiger partial charge in [-0.2, -0.15) is 0 Å². The fourth-order valence-corrected chi connectivity index (χ4v) is 5.56. The molecule has 0 aliphatic rings. The van der Waals surface area contributed by atoms with Crippen molar-refractivity contribution in [2.45, 2.75) is 0 Å². The normalized spacial score (nSPS) is 11.3. The molecule has 8 aromatic rings. The third-order valence-electron chi connectivity index (χ3n) is 7.73. The Morgan fingerprint density at radius 2 is 0.767 bits per heavy atom. The maximum absolute atomic E-state index is 6.18. The van der Waals surface area contributed by atoms with Crippen LogP contribution < -0.4 is 0 Å². The summed E-state index contributed by atoms with van der Waals surface area (Å²) in [5.74, 6) is 1.85. The molecule has 0 N–H and O–H groups in total. The van der Waals surface area contributed by atoms with Gasteiger partial charge in [0.25, 0.3) is 0 Å². The van der Waals surface area contributed by atoms with Crippen LogP contribution >= 0.6 is 0 Å². The molecule has 0 radical (unpaired) electrons. The largest absolute Gasteiger partial charge is 0.456 e. The van der Waals surface area contributed by atoms with Crippen molar-refractivity contribution in [2.75, 3.05) is 0 Å². The van der Waals surface area contributed by atoms with Gasteiger partial charge in [0.1, 0.15) is 11.2 Å². The van der Waals surface area contributed by atoms with Crippen molar-refractivity contribution in [3.05, 3.63) is 152 Å². The Morgan fingerprint density at radius 1 is 0.302 bits per heavy atom. The molecule has 0 unspecified atom stereocenters. The van der Waals surface area contributed by atoms with E-state index in [1.54, 1.807) is 0 Å². The lowest BCUT2D eigenvalue weighted by Gasteiger charge is -2.10. The topological polar surface area (TPSA) is 51.8 Å². The fourth-order valence-electron chi connectivity index (χ4n) is 5.56. The van der Waals surface area contributed by atoms with Gasteiger partial charge in [-0.15, -0.1) is 0 Å². The highest BCUT2D eigenvalue weighted by Crippen LogP contribution is 2.33. The SMILES string of the molecule is c1ccc(-c2cccc(-c3cccc(-c4nc(-c5ccccc5)nc(-c5ccc6c(c5)oc5ccccc56)n4)c3)c2)cc1. The molecule has 6 aromatic carbocycles. The zero-order valence-electron chi connectivity index (χ0n) is 23.2. The van der Waals surface area contributed by atoms with Gasteiger partial charge in [0, 0.05) is 27.5 Å². The minimum absolute atomic E-state index is 0.600. The predicted octanol–water partition coefficient (Wildman–Crippen LogP) is 10.1. The number of nitrogens with zero attached hydrogens (tertiary/aromatic N) is 3. The van der Waals surface area contributed by atoms with Gasteiger partial charge in [0.15, 0.2) is 17.5 Å². The van der Waals surface area contributed by atoms with E-state index >= 15 is 0 Å². The van der Waals surface area contributed by atoms with E-state index in [9.17, 15) is 0 Å². The number of aromatic nitrogens is 3. The van der Waals surface area contributed by atoms with E-state index in [1.807, 2.05) is 60.7 Å². The molecular weight excluding hydrogens is 526 g/mol. The first-order valence-corrected chi connectivity index (χ1v) is 14.3. The Morgan fingerprint density at radius 3 is 1.47 bits per heavy atom. The average Bonchev–Trinajstić information content (AvgIpc) is 3.47. The number of furan rings is 1. The van der Waals surface area contributed by atoms with E-state index in [-0.39, 0.29) is 0 Å². The molecule has 0 amide bonds. The van der Waals surface area contributed by atoms with Gasteiger partial charge < -0.3 is 4.42 Å². The van der Waals surface area contributed by atoms with Crippen LogP contribution in [0.25, 0.3) is 78.4 Å². The Kier molecular flexibility index (Phi) is 6.08. The van der Waals surface area contributed by atoms with Crippen molar-refractivity contribution in [1.29, 1.82) is 0 Å². The Bertz CT molecular complexity index is 2240. The predicted molar refractivity (Wildman–Crippen MR) is 174 cm³/mol. The van der Waals surface area contributed by atoms with Crippen molar-refractivity contribution < 1.29 is 4.42 Å². The van der Waals surface area contributed by atoms with E-state index < -0.39 is 0 Å². The van der Waals surface area contributed by atoms with E-state index in [2.05, 4.69) is 91.0 Å². The van der Waals surface area contributed by atoms with Crippen molar-refractivity contribution in [1.82, 2.24) is 15.0 Å². The van der Waals surface area contributed by atoms with Crippen LogP contribution in [0.3, 0.4) is 0 Å². The number of para-hydroxylation sites is 1. The van der Waals surface area contributed by atoms with Gasteiger partial charge in [0.2, 0.25) is 0 Å². The molecule has 0 atom stereocenters. The lowest BCUT2D eigenvalue weighted by molar-refractivity contribution is 0.669. The monoisotopic (exact) mass is 551 g/mol. The number of hydrogen-bond acceptors (Lipinski definition) is 4. The molecule has 4 nitrogen and oxygen atoms in total. The molecule has 202 valence electrons. The summed E-state index contributed by atoms with van der Waals surface area (Å²) in [4.78, 5) is 14.9. The molecule has 0 saturated heterocycles. The van der Waals surface area contributed by atoms with Crippen LogP contribution in [0.4, 0.5) is 0 Å². The quantitative estimate of drug-likeness (QED) is 0.214. The summed E-state index contributed by atoms with van der Waals surface area (Å²) < 4.78 is 6.18. The van der Waals surface area contributed by atoms with Crippen LogP contribution in [-0.2, 0) is 0 Å². The third kappa shape index (κ3) is 4.75. The minimum atomic E-state index is 0.600. The van der Waals surface area contributed by atoms with E-state index in [0.717, 1.165) is 49.8 Å². The van der Waals surface area contributed by atoms with Gasteiger partial charge in [-0.1, -0.05) is 121 Å². The Labute approximate surface area is 249 Å². The summed E-state index contributed by atoms with van der Waals surface area (Å²) in [7, 11) is 0. The molecule has 8 rings (SSSR count). The van der Waals surface area contributed by atoms with E-state index in [4.69, 9.17) is 19.4 Å². The molecule has 0 bridgehead atoms. The van der Waals surface area contributed by atoms with Gasteiger partial charge >= 0.3 is 0 Å². The zero-order chi connectivity index (χ0) is 28.6. The smallest absolute Gasteiger partial charge is 0.164 e. The molecule has 0 aliphatic heterocycles. The van der Waals surface area contributed by atoms with Gasteiger partial charge in [-0.05, 0) is 52.6 Å². The second-order valence-corrected chi connectivity index (χ2v) is 10.5. The number of hydrogen-bond donors (Lipinski definition) is 0. The second-order valence-electron chi connectivity index (χ2n) is 10.5. The zero-order valence-corrected chi connectivity index (χ0v) is 23.2. The molecule has 0 saturated carbocycles. The summed E-state index contributed by atoms with van der Waals surface area (Å²) in [6, 6.07) is 51.8. The molecule has 0 spiro atoms. The molecular formula is C39H25N3O. The molecule has 2 heterocycles. The molecule has 2 aromatic heterocycles. The number of rotatable bonds is 5. The van der Waals surface area contributed by atoms with Crippen molar-refractivity contribution in [3.8, 4) is 56.4 Å². The number of fused-ring (bicyclic) bond motifs is 3. The fraction of sp³-hybridized carbons (Fsp3) is 0. The Hall–Kier alpha value is -5.87. The summed E-state index contributed by atoms with van der Waals surface area (Å²) in [6.07, 6.45) is 0. The summed E-state index contributed by atoms with van der Waals surface area (Å²) in [5.41, 5.74) is 9.01. The van der Waals surface area contributed by atoms with Crippen LogP contribution in [0.5, 0.6) is 0 Å². The Balaban J connectivity index is 1.25. The first-order valence-electron chi connectivity index (χ1n) is 14.3. The van der Waals surface area contributed by atoms with Gasteiger partial charge in [0.05, 0.1) is 0 Å². The third-order valence-corrected chi connectivity index (χ3v) is 7.73. The van der Waals surface area contributed by atoms with Crippen molar-refractivity contribution >= 4 is 21.9 Å². The summed E-state index contributed by atoms with van der Waals surface area (Å²) in [5, 5.41) is 2.17. The highest BCUT2D eigenvalue weighted by Gasteiger charge is 2.15. The molecule has 0 aliphatic carbocycles. The first kappa shape index (κ1) is 24.9. The summed E-state index contributed by atoms with van der Waals surface area (Å²) in [6.45, 7) is 0. The highest BCUT2D eigenvalue weighted by atomic mass is 16.3.